The van der Waals surface area contributed by atoms with Gasteiger partial charge >= 0.3 is 0 Å². The Hall–Kier alpha value is -9.63. The van der Waals surface area contributed by atoms with Crippen molar-refractivity contribution in [2.24, 2.45) is 5.73 Å². The van der Waals surface area contributed by atoms with Crippen LogP contribution in [0.5, 0.6) is 5.75 Å². The van der Waals surface area contributed by atoms with E-state index < -0.39 is 90.0 Å². The molecule has 0 saturated carbocycles. The zero-order valence-electron chi connectivity index (χ0n) is 49.1. The first kappa shape index (κ1) is 59.7. The summed E-state index contributed by atoms with van der Waals surface area (Å²) in [5.74, 6) is -3.52. The fourth-order valence-electron chi connectivity index (χ4n) is 13.3. The standard InChI is InChI=1S/C69H73N11O9/c70-37-42-25-23-41(24-26-42)31-53-62(82)74-56(65(85)77-57(32-40-11-2-1-3-12-40)68(88)79-27-9-21-59(79)66(86)75-53)36-47-39-72-61-50(18-8-19-51(47)61)45-15-6-13-43(29-45)34-58-69(89)80-28-10-22-60(80)67(87)76-54(33-44-14-7-16-48(81)30-44)63(83)73-55(64(84)78-58)35-46-38-71-52-20-5-4-17-49(46)52/h1-8,11-20,23-26,29-30,38-39,53-60,69,71-72,81,89H,9-10,21-22,27-28,31-37,70H2,(H,73,83)(H,74,82)(H,75,86)(H,76,87)(H,77,85)(H,78,84)/t53-,54-,55+,56+,57-,58-,59+,60+,69?/m0/s1. The number of para-hydroxylation sites is 2. The van der Waals surface area contributed by atoms with Gasteiger partial charge in [-0.1, -0.05) is 127 Å². The second-order valence-electron chi connectivity index (χ2n) is 23.9. The molecule has 4 saturated heterocycles. The van der Waals surface area contributed by atoms with Gasteiger partial charge < -0.3 is 62.7 Å². The molecule has 20 heteroatoms. The summed E-state index contributed by atoms with van der Waals surface area (Å²) >= 11 is 0. The van der Waals surface area contributed by atoms with E-state index in [4.69, 9.17) is 5.73 Å². The van der Waals surface area contributed by atoms with Crippen molar-refractivity contribution in [1.29, 1.82) is 0 Å². The average Bonchev–Trinajstić information content (AvgIpc) is 2.62. The molecule has 89 heavy (non-hydrogen) atoms. The van der Waals surface area contributed by atoms with Crippen LogP contribution in [0, 0.1) is 0 Å². The molecule has 20 nitrogen and oxygen atoms in total. The van der Waals surface area contributed by atoms with Gasteiger partial charge in [-0.25, -0.2) is 0 Å². The van der Waals surface area contributed by atoms with Crippen molar-refractivity contribution in [3.63, 3.8) is 0 Å². The lowest BCUT2D eigenvalue weighted by atomic mass is 9.95. The highest BCUT2D eigenvalue weighted by Gasteiger charge is 2.43. The van der Waals surface area contributed by atoms with Gasteiger partial charge in [0.15, 0.2) is 0 Å². The fraction of sp³-hybridized carbons (Fsp3) is 0.319. The number of rotatable bonds is 14. The third kappa shape index (κ3) is 13.3. The number of hydrogen-bond donors (Lipinski definition) is 11. The number of fused-ring (bicyclic) bond motifs is 4. The number of aliphatic hydroxyl groups is 1. The Bertz CT molecular complexity index is 3940. The van der Waals surface area contributed by atoms with Gasteiger partial charge in [0.25, 0.3) is 0 Å². The van der Waals surface area contributed by atoms with Crippen molar-refractivity contribution in [1.82, 2.24) is 51.7 Å². The molecule has 1 unspecified atom stereocenters. The minimum absolute atomic E-state index is 0.000291. The van der Waals surface area contributed by atoms with E-state index in [0.29, 0.717) is 56.4 Å². The predicted octanol–water partition coefficient (Wildman–Crippen LogP) is 4.25. The third-order valence-corrected chi connectivity index (χ3v) is 18.0. The van der Waals surface area contributed by atoms with Gasteiger partial charge in [0.2, 0.25) is 41.4 Å². The Morgan fingerprint density at radius 3 is 1.72 bits per heavy atom. The lowest BCUT2D eigenvalue weighted by molar-refractivity contribution is -0.143. The molecule has 12 N–H and O–H groups in total. The summed E-state index contributed by atoms with van der Waals surface area (Å²) in [5.41, 5.74) is 14.3. The first-order valence-corrected chi connectivity index (χ1v) is 30.6. The molecule has 0 spiro atoms. The second-order valence-corrected chi connectivity index (χ2v) is 23.9. The van der Waals surface area contributed by atoms with E-state index in [-0.39, 0.29) is 50.2 Å². The lowest BCUT2D eigenvalue weighted by Crippen LogP contribution is -2.63. The van der Waals surface area contributed by atoms with Crippen molar-refractivity contribution < 1.29 is 43.8 Å². The van der Waals surface area contributed by atoms with Crippen LogP contribution >= 0.6 is 0 Å². The Morgan fingerprint density at radius 1 is 0.461 bits per heavy atom. The molecular formula is C69H73N11O9. The van der Waals surface area contributed by atoms with Crippen LogP contribution in [0.15, 0.2) is 158 Å². The van der Waals surface area contributed by atoms with Gasteiger partial charge in [0.05, 0.1) is 17.6 Å². The number of aliphatic hydroxyl groups excluding tert-OH is 1. The van der Waals surface area contributed by atoms with E-state index in [1.165, 1.54) is 17.0 Å². The van der Waals surface area contributed by atoms with Crippen LogP contribution < -0.4 is 37.6 Å². The van der Waals surface area contributed by atoms with Crippen LogP contribution in [0.25, 0.3) is 32.9 Å². The SMILES string of the molecule is NCc1ccc(C[C@@H]2NC(=O)[C@H]3CCCN3C(=O)[C@H](Cc3ccccc3)NC(=O)[C@@H](Cc3c[nH]c4c(-c5cccc(C[C@@H]6NC(=O)[C@@H](Cc7c[nH]c8ccccc78)NC(=O)[C@H](Cc7cccc(O)c7)NC(=O)[C@H]7CCCN7C6O)c5)cccc34)NC2=O)cc1. The van der Waals surface area contributed by atoms with Crippen molar-refractivity contribution >= 4 is 63.2 Å². The summed E-state index contributed by atoms with van der Waals surface area (Å²) in [5, 5.41) is 42.5. The van der Waals surface area contributed by atoms with Crippen LogP contribution in [0.4, 0.5) is 0 Å². The van der Waals surface area contributed by atoms with E-state index in [1.807, 2.05) is 121 Å². The molecule has 4 aliphatic heterocycles. The van der Waals surface area contributed by atoms with Gasteiger partial charge in [-0.15, -0.1) is 0 Å². The van der Waals surface area contributed by atoms with Crippen LogP contribution in [0.2, 0.25) is 0 Å². The van der Waals surface area contributed by atoms with E-state index in [0.717, 1.165) is 60.8 Å². The van der Waals surface area contributed by atoms with Crippen LogP contribution in [0.1, 0.15) is 64.6 Å². The molecule has 0 radical (unpaired) electrons. The van der Waals surface area contributed by atoms with Gasteiger partial charge in [-0.3, -0.25) is 38.5 Å². The molecule has 12 rings (SSSR count). The Kier molecular flexibility index (Phi) is 17.7. The van der Waals surface area contributed by atoms with Gasteiger partial charge in [0.1, 0.15) is 48.2 Å². The first-order valence-electron chi connectivity index (χ1n) is 30.6. The topological polar surface area (TPSA) is 296 Å². The number of carbonyl (C=O) groups is 7. The van der Waals surface area contributed by atoms with Gasteiger partial charge in [-0.2, -0.15) is 0 Å². The number of amides is 7. The summed E-state index contributed by atoms with van der Waals surface area (Å²) in [4.78, 5) is 112. The number of nitrogens with one attached hydrogen (secondary N) is 8. The van der Waals surface area contributed by atoms with Crippen molar-refractivity contribution in [3.05, 3.63) is 197 Å². The molecule has 458 valence electrons. The zero-order chi connectivity index (χ0) is 61.7. The molecule has 0 bridgehead atoms. The number of benzene rings is 6. The van der Waals surface area contributed by atoms with E-state index >= 15 is 0 Å². The van der Waals surface area contributed by atoms with E-state index in [2.05, 4.69) is 41.9 Å². The number of nitrogens with two attached hydrogens (primary N) is 1. The maximum absolute atomic E-state index is 15.0. The number of aromatic nitrogens is 2. The Labute approximate surface area is 514 Å². The quantitative estimate of drug-likeness (QED) is 0.0732. The molecule has 4 fully saturated rings. The summed E-state index contributed by atoms with van der Waals surface area (Å²) in [7, 11) is 0. The molecule has 6 heterocycles. The number of aromatic amines is 2. The van der Waals surface area contributed by atoms with Crippen molar-refractivity contribution in [2.75, 3.05) is 13.1 Å². The average molecular weight is 1200 g/mol. The highest BCUT2D eigenvalue weighted by molar-refractivity contribution is 6.00. The Balaban J connectivity index is 0.838. The van der Waals surface area contributed by atoms with Gasteiger partial charge in [-0.05, 0) is 94.8 Å². The summed E-state index contributed by atoms with van der Waals surface area (Å²) in [6.45, 7) is 0.998. The molecule has 6 aromatic carbocycles. The second kappa shape index (κ2) is 26.4. The van der Waals surface area contributed by atoms with Crippen LogP contribution in [-0.2, 0) is 78.6 Å². The number of carbonyl (C=O) groups excluding carboxylic acids is 7. The molecular weight excluding hydrogens is 1130 g/mol. The highest BCUT2D eigenvalue weighted by atomic mass is 16.3. The minimum atomic E-state index is -1.34. The number of aromatic hydroxyl groups is 1. The number of phenols is 1. The molecule has 2 aromatic heterocycles. The zero-order valence-corrected chi connectivity index (χ0v) is 49.1. The maximum Gasteiger partial charge on any atom is 0.246 e. The number of H-pyrrole nitrogens is 2. The highest BCUT2D eigenvalue weighted by Crippen LogP contribution is 2.33. The normalized spacial score (nSPS) is 24.0. The largest absolute Gasteiger partial charge is 0.508 e. The third-order valence-electron chi connectivity index (χ3n) is 18.0. The number of nitrogens with zero attached hydrogens (tertiary/aromatic N) is 2. The lowest BCUT2D eigenvalue weighted by Gasteiger charge is -2.36. The van der Waals surface area contributed by atoms with E-state index in [9.17, 15) is 43.8 Å². The molecule has 0 aliphatic carbocycles. The fourth-order valence-corrected chi connectivity index (χ4v) is 13.3. The van der Waals surface area contributed by atoms with E-state index in [1.54, 1.807) is 29.4 Å². The molecule has 8 aromatic rings. The maximum atomic E-state index is 15.0. The monoisotopic (exact) mass is 1200 g/mol. The number of phenolic OH excluding ortho intramolecular Hbond substituents is 1. The Morgan fingerprint density at radius 2 is 0.989 bits per heavy atom. The predicted molar refractivity (Wildman–Crippen MR) is 335 cm³/mol. The smallest absolute Gasteiger partial charge is 0.246 e. The minimum Gasteiger partial charge on any atom is -0.508 e. The summed E-state index contributed by atoms with van der Waals surface area (Å²) < 4.78 is 0. The van der Waals surface area contributed by atoms with Gasteiger partial charge in [0, 0.05) is 86.0 Å². The summed E-state index contributed by atoms with van der Waals surface area (Å²) in [6.07, 6.45) is 4.73. The first-order chi connectivity index (χ1) is 43.2. The van der Waals surface area contributed by atoms with Crippen LogP contribution in [0.3, 0.4) is 0 Å². The molecule has 7 amide bonds. The molecule has 4 aliphatic rings. The van der Waals surface area contributed by atoms with Crippen molar-refractivity contribution in [3.8, 4) is 16.9 Å². The number of hydrogen-bond acceptors (Lipinski definition) is 11. The molecule has 9 atom stereocenters. The van der Waals surface area contributed by atoms with Crippen molar-refractivity contribution in [2.45, 2.75) is 125 Å². The summed E-state index contributed by atoms with van der Waals surface area (Å²) in [6, 6.07) is 36.1. The van der Waals surface area contributed by atoms with Crippen LogP contribution in [-0.4, -0.2) is 139 Å².